The number of amides is 1. The van der Waals surface area contributed by atoms with Gasteiger partial charge in [0.15, 0.2) is 0 Å². The van der Waals surface area contributed by atoms with Gasteiger partial charge >= 0.3 is 0 Å². The van der Waals surface area contributed by atoms with Crippen LogP contribution in [0.25, 0.3) is 6.08 Å². The lowest BCUT2D eigenvalue weighted by molar-refractivity contribution is -0.384. The molecule has 1 aromatic carbocycles. The number of carbonyl (C=O) groups is 1. The second-order valence-electron chi connectivity index (χ2n) is 4.66. The molecule has 0 spiro atoms. The van der Waals surface area contributed by atoms with Gasteiger partial charge in [0.1, 0.15) is 4.32 Å². The van der Waals surface area contributed by atoms with Crippen molar-refractivity contribution in [3.63, 3.8) is 0 Å². The van der Waals surface area contributed by atoms with Crippen molar-refractivity contribution in [3.8, 4) is 0 Å². The molecular formula is C14H14N2O3S2. The van der Waals surface area contributed by atoms with Gasteiger partial charge in [0.05, 0.1) is 9.83 Å². The monoisotopic (exact) mass is 322 g/mol. The van der Waals surface area contributed by atoms with Crippen LogP contribution >= 0.6 is 24.0 Å². The summed E-state index contributed by atoms with van der Waals surface area (Å²) in [4.78, 5) is 24.8. The third kappa shape index (κ3) is 3.30. The molecule has 110 valence electrons. The molecule has 1 amide bonds. The molecule has 21 heavy (non-hydrogen) atoms. The van der Waals surface area contributed by atoms with Crippen molar-refractivity contribution in [1.82, 2.24) is 4.90 Å². The number of thiocarbonyl (C=S) groups is 1. The Hall–Kier alpha value is -1.73. The van der Waals surface area contributed by atoms with Crippen LogP contribution in [0.4, 0.5) is 5.69 Å². The lowest BCUT2D eigenvalue weighted by Gasteiger charge is -2.21. The van der Waals surface area contributed by atoms with E-state index in [2.05, 4.69) is 0 Å². The van der Waals surface area contributed by atoms with E-state index in [9.17, 15) is 14.9 Å². The summed E-state index contributed by atoms with van der Waals surface area (Å²) in [6.07, 6.45) is 2.46. The van der Waals surface area contributed by atoms with Crippen LogP contribution in [0.15, 0.2) is 29.2 Å². The average molecular weight is 322 g/mol. The average Bonchev–Trinajstić information content (AvgIpc) is 2.73. The molecule has 1 aromatic rings. The molecule has 1 fully saturated rings. The zero-order chi connectivity index (χ0) is 15.6. The highest BCUT2D eigenvalue weighted by Crippen LogP contribution is 2.34. The number of benzene rings is 1. The maximum atomic E-state index is 12.4. The van der Waals surface area contributed by atoms with Gasteiger partial charge in [-0.05, 0) is 25.0 Å². The zero-order valence-electron chi connectivity index (χ0n) is 11.6. The zero-order valence-corrected chi connectivity index (χ0v) is 13.2. The van der Waals surface area contributed by atoms with Crippen molar-refractivity contribution >= 4 is 46.0 Å². The van der Waals surface area contributed by atoms with Crippen LogP contribution < -0.4 is 0 Å². The minimum atomic E-state index is -0.457. The first-order valence-corrected chi connectivity index (χ1v) is 7.68. The third-order valence-electron chi connectivity index (χ3n) is 3.23. The van der Waals surface area contributed by atoms with Crippen LogP contribution in [-0.2, 0) is 4.79 Å². The first-order chi connectivity index (χ1) is 9.93. The Bertz CT molecular complexity index is 643. The van der Waals surface area contributed by atoms with E-state index in [1.165, 1.54) is 23.9 Å². The number of thioether (sulfide) groups is 1. The second-order valence-corrected chi connectivity index (χ2v) is 6.34. The third-order valence-corrected chi connectivity index (χ3v) is 4.56. The van der Waals surface area contributed by atoms with Gasteiger partial charge in [-0.3, -0.25) is 19.8 Å². The molecule has 1 saturated heterocycles. The maximum absolute atomic E-state index is 12.4. The summed E-state index contributed by atoms with van der Waals surface area (Å²) in [5.74, 6) is -0.133. The van der Waals surface area contributed by atoms with Gasteiger partial charge in [0.25, 0.3) is 11.6 Å². The number of nitro groups is 1. The molecule has 1 aliphatic rings. The molecule has 7 heteroatoms. The lowest BCUT2D eigenvalue weighted by Crippen LogP contribution is -2.36. The highest BCUT2D eigenvalue weighted by atomic mass is 32.2. The summed E-state index contributed by atoms with van der Waals surface area (Å²) in [5, 5.41) is 10.8. The predicted octanol–water partition coefficient (Wildman–Crippen LogP) is 3.59. The molecular weight excluding hydrogens is 308 g/mol. The van der Waals surface area contributed by atoms with E-state index >= 15 is 0 Å². The summed E-state index contributed by atoms with van der Waals surface area (Å²) in [7, 11) is 0. The molecule has 0 bridgehead atoms. The van der Waals surface area contributed by atoms with Crippen molar-refractivity contribution in [3.05, 3.63) is 44.8 Å². The van der Waals surface area contributed by atoms with Crippen molar-refractivity contribution in [2.24, 2.45) is 0 Å². The molecule has 0 saturated carbocycles. The van der Waals surface area contributed by atoms with E-state index in [4.69, 9.17) is 12.2 Å². The molecule has 0 N–H and O–H groups in total. The van der Waals surface area contributed by atoms with Crippen molar-refractivity contribution in [2.75, 3.05) is 0 Å². The molecule has 1 aliphatic heterocycles. The Morgan fingerprint density at radius 1 is 1.52 bits per heavy atom. The molecule has 0 aromatic heterocycles. The Morgan fingerprint density at radius 2 is 2.24 bits per heavy atom. The van der Waals surface area contributed by atoms with E-state index in [1.807, 2.05) is 13.8 Å². The normalized spacial score (nSPS) is 18.4. The van der Waals surface area contributed by atoms with Crippen molar-refractivity contribution < 1.29 is 9.72 Å². The summed E-state index contributed by atoms with van der Waals surface area (Å²) >= 11 is 6.47. The highest BCUT2D eigenvalue weighted by Gasteiger charge is 2.34. The minimum Gasteiger partial charge on any atom is -0.290 e. The first kappa shape index (κ1) is 15.7. The van der Waals surface area contributed by atoms with E-state index in [1.54, 1.807) is 23.1 Å². The van der Waals surface area contributed by atoms with Crippen molar-refractivity contribution in [1.29, 1.82) is 0 Å². The fourth-order valence-electron chi connectivity index (χ4n) is 1.92. The summed E-state index contributed by atoms with van der Waals surface area (Å²) in [6, 6.07) is 6.23. The van der Waals surface area contributed by atoms with E-state index in [0.717, 1.165) is 6.42 Å². The van der Waals surface area contributed by atoms with Crippen molar-refractivity contribution in [2.45, 2.75) is 26.3 Å². The van der Waals surface area contributed by atoms with Gasteiger partial charge in [-0.1, -0.05) is 43.0 Å². The standard InChI is InChI=1S/C14H14N2O3S2/c1-3-9(2)15-13(17)12(21-14(15)20)8-10-5-4-6-11(7-10)16(18)19/h4-9H,3H2,1-2H3. The smallest absolute Gasteiger partial charge is 0.270 e. The Morgan fingerprint density at radius 3 is 2.86 bits per heavy atom. The molecule has 0 radical (unpaired) electrons. The van der Waals surface area contributed by atoms with Crippen LogP contribution in [0.5, 0.6) is 0 Å². The van der Waals surface area contributed by atoms with Gasteiger partial charge in [-0.25, -0.2) is 0 Å². The lowest BCUT2D eigenvalue weighted by atomic mass is 10.1. The van der Waals surface area contributed by atoms with Crippen LogP contribution in [0.1, 0.15) is 25.8 Å². The topological polar surface area (TPSA) is 63.5 Å². The minimum absolute atomic E-state index is 0.00107. The van der Waals surface area contributed by atoms with Crippen LogP contribution in [0, 0.1) is 10.1 Å². The number of nitrogens with zero attached hydrogens (tertiary/aromatic N) is 2. The summed E-state index contributed by atoms with van der Waals surface area (Å²) in [6.45, 7) is 3.94. The van der Waals surface area contributed by atoms with Crippen LogP contribution in [0.2, 0.25) is 0 Å². The number of hydrogen-bond acceptors (Lipinski definition) is 5. The molecule has 1 atom stereocenters. The highest BCUT2D eigenvalue weighted by molar-refractivity contribution is 8.26. The largest absolute Gasteiger partial charge is 0.290 e. The number of nitro benzene ring substituents is 1. The molecule has 2 rings (SSSR count). The summed E-state index contributed by atoms with van der Waals surface area (Å²) in [5.41, 5.74) is 0.620. The van der Waals surface area contributed by atoms with Gasteiger partial charge < -0.3 is 0 Å². The quantitative estimate of drug-likeness (QED) is 0.367. The number of carbonyl (C=O) groups excluding carboxylic acids is 1. The maximum Gasteiger partial charge on any atom is 0.270 e. The Kier molecular flexibility index (Phi) is 4.74. The Balaban J connectivity index is 2.30. The molecule has 1 unspecified atom stereocenters. The van der Waals surface area contributed by atoms with Crippen LogP contribution in [-0.4, -0.2) is 26.1 Å². The van der Waals surface area contributed by atoms with Gasteiger partial charge in [0, 0.05) is 18.2 Å². The first-order valence-electron chi connectivity index (χ1n) is 6.45. The summed E-state index contributed by atoms with van der Waals surface area (Å²) < 4.78 is 0.533. The van der Waals surface area contributed by atoms with E-state index in [-0.39, 0.29) is 17.6 Å². The van der Waals surface area contributed by atoms with Crippen LogP contribution in [0.3, 0.4) is 0 Å². The number of non-ortho nitro benzene ring substituents is 1. The molecule has 5 nitrogen and oxygen atoms in total. The van der Waals surface area contributed by atoms with Gasteiger partial charge in [0.2, 0.25) is 0 Å². The molecule has 0 aliphatic carbocycles. The van der Waals surface area contributed by atoms with Gasteiger partial charge in [-0.2, -0.15) is 0 Å². The fraction of sp³-hybridized carbons (Fsp3) is 0.286. The van der Waals surface area contributed by atoms with Gasteiger partial charge in [-0.15, -0.1) is 0 Å². The second kappa shape index (κ2) is 6.36. The number of rotatable bonds is 4. The predicted molar refractivity (Wildman–Crippen MR) is 87.9 cm³/mol. The fourth-order valence-corrected chi connectivity index (χ4v) is 3.38. The molecule has 1 heterocycles. The van der Waals surface area contributed by atoms with E-state index < -0.39 is 4.92 Å². The SMILES string of the molecule is CCC(C)N1C(=O)C(=Cc2cccc([N+](=O)[O-])c2)SC1=S. The number of hydrogen-bond donors (Lipinski definition) is 0. The van der Waals surface area contributed by atoms with E-state index in [0.29, 0.717) is 14.8 Å². The Labute approximate surface area is 132 Å².